The molecule has 7 nitrogen and oxygen atoms in total. The number of rotatable bonds is 8. The Bertz CT molecular complexity index is 666. The van der Waals surface area contributed by atoms with E-state index in [-0.39, 0.29) is 19.1 Å². The van der Waals surface area contributed by atoms with Gasteiger partial charge in [-0.1, -0.05) is 0 Å². The fraction of sp³-hybridized carbons (Fsp3) is 0.500. The molecule has 1 amide bonds. The third-order valence-electron chi connectivity index (χ3n) is 3.46. The van der Waals surface area contributed by atoms with Crippen LogP contribution in [0.3, 0.4) is 0 Å². The lowest BCUT2D eigenvalue weighted by molar-refractivity contribution is -0.129. The largest absolute Gasteiger partial charge is 0.462 e. The number of hydrogen-bond donors (Lipinski definition) is 0. The molecule has 0 heterocycles. The van der Waals surface area contributed by atoms with Crippen molar-refractivity contribution in [3.8, 4) is 0 Å². The Morgan fingerprint density at radius 3 is 2.00 bits per heavy atom. The summed E-state index contributed by atoms with van der Waals surface area (Å²) in [6.45, 7) is 6.37. The minimum atomic E-state index is -3.64. The predicted octanol–water partition coefficient (Wildman–Crippen LogP) is 1.50. The summed E-state index contributed by atoms with van der Waals surface area (Å²) in [5.74, 6) is -0.755. The fourth-order valence-corrected chi connectivity index (χ4v) is 3.03. The van der Waals surface area contributed by atoms with Crippen LogP contribution in [-0.2, 0) is 19.6 Å². The van der Waals surface area contributed by atoms with Gasteiger partial charge in [0.25, 0.3) is 0 Å². The normalized spacial score (nSPS) is 11.0. The first-order valence-corrected chi connectivity index (χ1v) is 9.62. The second kappa shape index (κ2) is 8.68. The molecule has 0 atom stereocenters. The van der Waals surface area contributed by atoms with Crippen molar-refractivity contribution in [3.05, 3.63) is 29.8 Å². The molecule has 1 aromatic carbocycles. The summed E-state index contributed by atoms with van der Waals surface area (Å²) in [4.78, 5) is 25.5. The third-order valence-corrected chi connectivity index (χ3v) is 4.60. The second-order valence-electron chi connectivity index (χ2n) is 5.10. The minimum Gasteiger partial charge on any atom is -0.462 e. The zero-order valence-electron chi connectivity index (χ0n) is 14.5. The van der Waals surface area contributed by atoms with Gasteiger partial charge in [-0.3, -0.25) is 9.10 Å². The highest BCUT2D eigenvalue weighted by atomic mass is 32.2. The molecule has 134 valence electrons. The molecule has 0 aliphatic rings. The van der Waals surface area contributed by atoms with Crippen LogP contribution in [0.2, 0.25) is 0 Å². The number of sulfonamides is 1. The maximum atomic E-state index is 12.2. The number of nitrogens with zero attached hydrogens (tertiary/aromatic N) is 2. The lowest BCUT2D eigenvalue weighted by atomic mass is 10.2. The first kappa shape index (κ1) is 20.0. The summed E-state index contributed by atoms with van der Waals surface area (Å²) in [6.07, 6.45) is 1.04. The number of amides is 1. The molecule has 0 aliphatic heterocycles. The van der Waals surface area contributed by atoms with E-state index in [0.29, 0.717) is 24.3 Å². The van der Waals surface area contributed by atoms with E-state index >= 15 is 0 Å². The van der Waals surface area contributed by atoms with Gasteiger partial charge in [0, 0.05) is 13.1 Å². The van der Waals surface area contributed by atoms with Crippen molar-refractivity contribution in [1.29, 1.82) is 0 Å². The van der Waals surface area contributed by atoms with Crippen LogP contribution in [0, 0.1) is 0 Å². The van der Waals surface area contributed by atoms with Gasteiger partial charge >= 0.3 is 5.97 Å². The van der Waals surface area contributed by atoms with Crippen LogP contribution in [0.15, 0.2) is 24.3 Å². The van der Waals surface area contributed by atoms with Crippen molar-refractivity contribution in [1.82, 2.24) is 4.90 Å². The third kappa shape index (κ3) is 5.23. The van der Waals surface area contributed by atoms with Gasteiger partial charge in [-0.2, -0.15) is 0 Å². The van der Waals surface area contributed by atoms with Crippen molar-refractivity contribution in [2.24, 2.45) is 0 Å². The highest BCUT2D eigenvalue weighted by molar-refractivity contribution is 7.92. The van der Waals surface area contributed by atoms with Crippen molar-refractivity contribution in [3.63, 3.8) is 0 Å². The first-order valence-electron chi connectivity index (χ1n) is 7.77. The quantitative estimate of drug-likeness (QED) is 0.659. The molecular weight excluding hydrogens is 332 g/mol. The summed E-state index contributed by atoms with van der Waals surface area (Å²) in [6, 6.07) is 5.94. The van der Waals surface area contributed by atoms with Crippen LogP contribution >= 0.6 is 0 Å². The van der Waals surface area contributed by atoms with Crippen LogP contribution in [-0.4, -0.2) is 57.7 Å². The highest BCUT2D eigenvalue weighted by Gasteiger charge is 2.23. The lowest BCUT2D eigenvalue weighted by Crippen LogP contribution is -2.42. The molecule has 0 fully saturated rings. The lowest BCUT2D eigenvalue weighted by Gasteiger charge is -2.26. The summed E-state index contributed by atoms with van der Waals surface area (Å²) < 4.78 is 30.0. The van der Waals surface area contributed by atoms with Gasteiger partial charge in [-0.15, -0.1) is 0 Å². The van der Waals surface area contributed by atoms with E-state index in [1.807, 2.05) is 13.8 Å². The van der Waals surface area contributed by atoms with Crippen molar-refractivity contribution < 1.29 is 22.7 Å². The van der Waals surface area contributed by atoms with Crippen molar-refractivity contribution >= 4 is 27.6 Å². The molecule has 0 radical (unpaired) electrons. The van der Waals surface area contributed by atoms with E-state index in [9.17, 15) is 18.0 Å². The number of likely N-dealkylation sites (N-methyl/N-ethyl adjacent to an activating group) is 1. The molecule has 0 N–H and O–H groups in total. The van der Waals surface area contributed by atoms with E-state index in [1.54, 1.807) is 11.8 Å². The number of ether oxygens (including phenoxy) is 1. The zero-order valence-corrected chi connectivity index (χ0v) is 15.3. The molecule has 0 saturated heterocycles. The molecule has 0 spiro atoms. The monoisotopic (exact) mass is 356 g/mol. The average Bonchev–Trinajstić information content (AvgIpc) is 2.53. The standard InChI is InChI=1S/C16H24N2O5S/c1-5-17(6-2)15(19)12-18(24(4,21)22)14-10-8-13(9-11-14)16(20)23-7-3/h8-11H,5-7,12H2,1-4H3. The average molecular weight is 356 g/mol. The number of anilines is 1. The summed E-state index contributed by atoms with van der Waals surface area (Å²) in [7, 11) is -3.64. The Morgan fingerprint density at radius 2 is 1.58 bits per heavy atom. The predicted molar refractivity (Wildman–Crippen MR) is 92.5 cm³/mol. The number of hydrogen-bond acceptors (Lipinski definition) is 5. The van der Waals surface area contributed by atoms with Crippen LogP contribution in [0.25, 0.3) is 0 Å². The maximum Gasteiger partial charge on any atom is 0.338 e. The van der Waals surface area contributed by atoms with E-state index in [0.717, 1.165) is 10.6 Å². The molecule has 0 saturated carbocycles. The molecule has 1 rings (SSSR count). The summed E-state index contributed by atoms with van der Waals surface area (Å²) >= 11 is 0. The van der Waals surface area contributed by atoms with Gasteiger partial charge in [-0.25, -0.2) is 13.2 Å². The number of carbonyl (C=O) groups is 2. The van der Waals surface area contributed by atoms with Crippen molar-refractivity contribution in [2.45, 2.75) is 20.8 Å². The van der Waals surface area contributed by atoms with E-state index < -0.39 is 16.0 Å². The Hall–Kier alpha value is -2.09. The SMILES string of the molecule is CCOC(=O)c1ccc(N(CC(=O)N(CC)CC)S(C)(=O)=O)cc1. The van der Waals surface area contributed by atoms with Gasteiger partial charge in [0.2, 0.25) is 15.9 Å². The van der Waals surface area contributed by atoms with Gasteiger partial charge in [0.1, 0.15) is 6.54 Å². The van der Waals surface area contributed by atoms with Crippen LogP contribution in [0.1, 0.15) is 31.1 Å². The van der Waals surface area contributed by atoms with Gasteiger partial charge in [-0.05, 0) is 45.0 Å². The highest BCUT2D eigenvalue weighted by Crippen LogP contribution is 2.19. The topological polar surface area (TPSA) is 84.0 Å². The number of benzene rings is 1. The molecule has 1 aromatic rings. The minimum absolute atomic E-state index is 0.258. The van der Waals surface area contributed by atoms with Gasteiger partial charge < -0.3 is 9.64 Å². The molecule has 0 aromatic heterocycles. The van der Waals surface area contributed by atoms with Crippen LogP contribution in [0.4, 0.5) is 5.69 Å². The Balaban J connectivity index is 3.06. The van der Waals surface area contributed by atoms with Gasteiger partial charge in [0.15, 0.2) is 0 Å². The molecule has 0 aliphatic carbocycles. The maximum absolute atomic E-state index is 12.2. The Labute approximate surface area is 143 Å². The molecule has 0 bridgehead atoms. The molecule has 0 unspecified atom stereocenters. The molecule has 24 heavy (non-hydrogen) atoms. The van der Waals surface area contributed by atoms with E-state index in [1.165, 1.54) is 24.3 Å². The number of carbonyl (C=O) groups excluding carboxylic acids is 2. The summed E-state index contributed by atoms with van der Waals surface area (Å²) in [5, 5.41) is 0. The zero-order chi connectivity index (χ0) is 18.3. The van der Waals surface area contributed by atoms with Crippen molar-refractivity contribution in [2.75, 3.05) is 36.8 Å². The van der Waals surface area contributed by atoms with Crippen LogP contribution < -0.4 is 4.31 Å². The fourth-order valence-electron chi connectivity index (χ4n) is 2.18. The van der Waals surface area contributed by atoms with E-state index in [2.05, 4.69) is 0 Å². The second-order valence-corrected chi connectivity index (χ2v) is 7.01. The molecule has 8 heteroatoms. The van der Waals surface area contributed by atoms with E-state index in [4.69, 9.17) is 4.74 Å². The number of esters is 1. The van der Waals surface area contributed by atoms with Gasteiger partial charge in [0.05, 0.1) is 24.1 Å². The molecular formula is C16H24N2O5S. The summed E-state index contributed by atoms with van der Waals surface area (Å²) in [5.41, 5.74) is 0.648. The first-order chi connectivity index (χ1) is 11.2. The Kier molecular flexibility index (Phi) is 7.21. The smallest absolute Gasteiger partial charge is 0.338 e. The Morgan fingerprint density at radius 1 is 1.04 bits per heavy atom. The van der Waals surface area contributed by atoms with Crippen LogP contribution in [0.5, 0.6) is 0 Å².